The van der Waals surface area contributed by atoms with Crippen molar-refractivity contribution in [1.82, 2.24) is 0 Å². The van der Waals surface area contributed by atoms with E-state index in [0.29, 0.717) is 0 Å². The lowest BCUT2D eigenvalue weighted by Gasteiger charge is -2.13. The van der Waals surface area contributed by atoms with Gasteiger partial charge in [0.25, 0.3) is 0 Å². The number of fused-ring (bicyclic) bond motifs is 2. The maximum absolute atomic E-state index is 14.4. The fraction of sp³-hybridized carbons (Fsp3) is 0.0714. The van der Waals surface area contributed by atoms with Crippen LogP contribution in [0, 0.1) is 70.7 Å². The van der Waals surface area contributed by atoms with Crippen molar-refractivity contribution in [3.8, 4) is 34.4 Å². The van der Waals surface area contributed by atoms with Crippen molar-refractivity contribution in [2.75, 3.05) is 0 Å². The van der Waals surface area contributed by atoms with Crippen molar-refractivity contribution in [2.24, 2.45) is 0 Å². The van der Waals surface area contributed by atoms with E-state index in [-0.39, 0.29) is 52.2 Å². The summed E-state index contributed by atoms with van der Waals surface area (Å²) in [6, 6.07) is 9.44. The van der Waals surface area contributed by atoms with E-state index in [1.165, 1.54) is 12.1 Å². The quantitative estimate of drug-likeness (QED) is 0.121. The first kappa shape index (κ1) is 26.7. The van der Waals surface area contributed by atoms with Crippen LogP contribution in [0.1, 0.15) is 21.8 Å². The number of thiophene rings is 2. The molecule has 4 nitrogen and oxygen atoms in total. The molecule has 0 radical (unpaired) electrons. The number of nitrogens with zero attached hydrogens (tertiary/aromatic N) is 4. The van der Waals surface area contributed by atoms with E-state index >= 15 is 0 Å². The first-order valence-corrected chi connectivity index (χ1v) is 12.6. The van der Waals surface area contributed by atoms with Gasteiger partial charge in [0.2, 0.25) is 0 Å². The molecular formula is C28H8F6N4S2. The third-order valence-corrected chi connectivity index (χ3v) is 8.49. The summed E-state index contributed by atoms with van der Waals surface area (Å²) in [5.74, 6) is -10.7. The summed E-state index contributed by atoms with van der Waals surface area (Å²) in [6.07, 6.45) is -1.31. The van der Waals surface area contributed by atoms with Crippen LogP contribution in [-0.2, 0) is 0 Å². The normalized spacial score (nSPS) is 11.1. The molecule has 0 fully saturated rings. The molecule has 0 unspecified atom stereocenters. The van der Waals surface area contributed by atoms with Crippen molar-refractivity contribution < 1.29 is 26.3 Å². The van der Waals surface area contributed by atoms with Gasteiger partial charge in [0.1, 0.15) is 0 Å². The Labute approximate surface area is 229 Å². The lowest BCUT2D eigenvalue weighted by Crippen LogP contribution is -1.94. The standard InChI is InChI=1S/C28H8F6N4S2/c1-37-28(38-2)21-8-15-23(12-5-18(31)25(34)19(32)6-12)26-14(7-20(39-26)13(9-35)10-36)22(27(15)40-21)11-3-16(29)24(33)17(30)4-11/h3-8,13,28H. The lowest BCUT2D eigenvalue weighted by atomic mass is 9.92. The number of benzene rings is 3. The highest BCUT2D eigenvalue weighted by atomic mass is 32.1. The first-order valence-electron chi connectivity index (χ1n) is 11.0. The molecule has 0 saturated carbocycles. The number of nitriles is 2. The Bertz CT molecular complexity index is 1780. The second-order valence-electron chi connectivity index (χ2n) is 8.36. The van der Waals surface area contributed by atoms with Gasteiger partial charge >= 0.3 is 6.17 Å². The summed E-state index contributed by atoms with van der Waals surface area (Å²) in [5, 5.41) is 19.4. The zero-order chi connectivity index (χ0) is 28.9. The fourth-order valence-corrected chi connectivity index (χ4v) is 6.82. The fourth-order valence-electron chi connectivity index (χ4n) is 4.36. The van der Waals surface area contributed by atoms with Gasteiger partial charge in [-0.15, -0.1) is 22.7 Å². The van der Waals surface area contributed by atoms with Crippen LogP contribution < -0.4 is 0 Å². The van der Waals surface area contributed by atoms with Gasteiger partial charge in [-0.25, -0.2) is 49.2 Å². The topological polar surface area (TPSA) is 56.3 Å². The zero-order valence-electron chi connectivity index (χ0n) is 19.5. The third kappa shape index (κ3) is 4.12. The van der Waals surface area contributed by atoms with E-state index in [0.717, 1.165) is 46.9 Å². The van der Waals surface area contributed by atoms with Crippen molar-refractivity contribution in [2.45, 2.75) is 12.1 Å². The summed E-state index contributed by atoms with van der Waals surface area (Å²) in [5.41, 5.74) is -0.0343. The Balaban J connectivity index is 2.04. The molecule has 5 rings (SSSR count). The first-order chi connectivity index (χ1) is 19.1. The average Bonchev–Trinajstić information content (AvgIpc) is 3.54. The maximum atomic E-state index is 14.4. The molecule has 0 aliphatic carbocycles. The minimum absolute atomic E-state index is 0.122. The van der Waals surface area contributed by atoms with E-state index in [1.54, 1.807) is 0 Å². The molecule has 0 atom stereocenters. The van der Waals surface area contributed by atoms with Gasteiger partial charge in [0.05, 0.1) is 12.1 Å². The molecule has 0 amide bonds. The van der Waals surface area contributed by atoms with E-state index in [4.69, 9.17) is 13.1 Å². The Hall–Kier alpha value is -4.88. The largest absolute Gasteiger partial charge is 0.511 e. The highest BCUT2D eigenvalue weighted by molar-refractivity contribution is 7.22. The summed E-state index contributed by atoms with van der Waals surface area (Å²) in [6.45, 7) is 14.8. The number of hydrogen-bond donors (Lipinski definition) is 0. The lowest BCUT2D eigenvalue weighted by molar-refractivity contribution is 0.447. The van der Waals surface area contributed by atoms with Crippen LogP contribution in [0.3, 0.4) is 0 Å². The number of halogens is 6. The maximum Gasteiger partial charge on any atom is 0.511 e. The Morgan fingerprint density at radius 1 is 0.625 bits per heavy atom. The van der Waals surface area contributed by atoms with Crippen molar-refractivity contribution >= 4 is 42.8 Å². The van der Waals surface area contributed by atoms with Gasteiger partial charge in [0, 0.05) is 36.2 Å². The minimum Gasteiger partial charge on any atom is -0.228 e. The van der Waals surface area contributed by atoms with Gasteiger partial charge in [-0.2, -0.15) is 10.5 Å². The van der Waals surface area contributed by atoms with Crippen LogP contribution in [0.25, 0.3) is 52.1 Å². The highest BCUT2D eigenvalue weighted by Crippen LogP contribution is 2.51. The average molecular weight is 579 g/mol. The monoisotopic (exact) mass is 578 g/mol. The molecule has 5 aromatic rings. The molecule has 0 saturated heterocycles. The van der Waals surface area contributed by atoms with Gasteiger partial charge < -0.3 is 0 Å². The van der Waals surface area contributed by atoms with Crippen LogP contribution in [0.15, 0.2) is 36.4 Å². The minimum atomic E-state index is -1.71. The SMILES string of the molecule is [C-]#[N+]C([N+]#[C-])c1cc2c(-c3cc(F)c(F)c(F)c3)c3sc(C(C#N)C#N)cc3c(-c3cc(F)c(F)c(F)c3)c2s1. The zero-order valence-corrected chi connectivity index (χ0v) is 21.1. The second kappa shape index (κ2) is 10.0. The Morgan fingerprint density at radius 3 is 1.38 bits per heavy atom. The van der Waals surface area contributed by atoms with Crippen LogP contribution in [-0.4, -0.2) is 0 Å². The Kier molecular flexibility index (Phi) is 6.69. The predicted octanol–water partition coefficient (Wildman–Crippen LogP) is 9.25. The van der Waals surface area contributed by atoms with E-state index < -0.39 is 47.0 Å². The molecule has 194 valence electrons. The van der Waals surface area contributed by atoms with E-state index in [2.05, 4.69) is 9.69 Å². The third-order valence-electron chi connectivity index (χ3n) is 6.08. The molecule has 40 heavy (non-hydrogen) atoms. The molecule has 0 N–H and O–H groups in total. The summed E-state index contributed by atoms with van der Waals surface area (Å²) in [4.78, 5) is 6.95. The van der Waals surface area contributed by atoms with Crippen molar-refractivity contribution in [3.05, 3.63) is 104 Å². The van der Waals surface area contributed by atoms with Gasteiger partial charge in [-0.05, 0) is 47.5 Å². The van der Waals surface area contributed by atoms with Gasteiger partial charge in [0.15, 0.2) is 45.7 Å². The molecular weight excluding hydrogens is 570 g/mol. The summed E-state index contributed by atoms with van der Waals surface area (Å²) < 4.78 is 85.7. The van der Waals surface area contributed by atoms with E-state index in [1.807, 2.05) is 12.1 Å². The smallest absolute Gasteiger partial charge is 0.228 e. The summed E-state index contributed by atoms with van der Waals surface area (Å²) >= 11 is 1.80. The molecule has 3 aromatic carbocycles. The van der Waals surface area contributed by atoms with Crippen LogP contribution in [0.5, 0.6) is 0 Å². The molecule has 0 spiro atoms. The van der Waals surface area contributed by atoms with Crippen LogP contribution in [0.2, 0.25) is 0 Å². The predicted molar refractivity (Wildman–Crippen MR) is 138 cm³/mol. The van der Waals surface area contributed by atoms with E-state index in [9.17, 15) is 36.9 Å². The summed E-state index contributed by atoms with van der Waals surface area (Å²) in [7, 11) is 0. The molecule has 0 aliphatic rings. The van der Waals surface area contributed by atoms with Gasteiger partial charge in [-0.3, -0.25) is 0 Å². The van der Waals surface area contributed by atoms with Gasteiger partial charge in [-0.1, -0.05) is 0 Å². The Morgan fingerprint density at radius 2 is 1.00 bits per heavy atom. The highest BCUT2D eigenvalue weighted by Gasteiger charge is 2.30. The molecule has 2 heterocycles. The molecule has 0 bridgehead atoms. The molecule has 0 aliphatic heterocycles. The number of hydrogen-bond acceptors (Lipinski definition) is 4. The number of rotatable bonds is 4. The molecule has 2 aromatic heterocycles. The van der Waals surface area contributed by atoms with Crippen LogP contribution in [0.4, 0.5) is 26.3 Å². The second-order valence-corrected chi connectivity index (χ2v) is 10.5. The van der Waals surface area contributed by atoms with Crippen molar-refractivity contribution in [1.29, 1.82) is 10.5 Å². The van der Waals surface area contributed by atoms with Crippen LogP contribution >= 0.6 is 22.7 Å². The van der Waals surface area contributed by atoms with Crippen molar-refractivity contribution in [3.63, 3.8) is 0 Å². The molecule has 12 heteroatoms.